The molecule has 1 aromatic carbocycles. The van der Waals surface area contributed by atoms with E-state index in [0.29, 0.717) is 19.4 Å². The molecule has 0 saturated heterocycles. The van der Waals surface area contributed by atoms with Crippen LogP contribution in [0.2, 0.25) is 0 Å². The molecule has 0 radical (unpaired) electrons. The van der Waals surface area contributed by atoms with Crippen molar-refractivity contribution in [3.63, 3.8) is 0 Å². The first kappa shape index (κ1) is 14.0. The average Bonchev–Trinajstić information content (AvgIpc) is 2.52. The third-order valence-electron chi connectivity index (χ3n) is 4.06. The summed E-state index contributed by atoms with van der Waals surface area (Å²) in [5, 5.41) is 10.6. The summed E-state index contributed by atoms with van der Waals surface area (Å²) in [7, 11) is 0. The molecule has 0 spiro atoms. The summed E-state index contributed by atoms with van der Waals surface area (Å²) >= 11 is 0. The van der Waals surface area contributed by atoms with Crippen molar-refractivity contribution in [3.05, 3.63) is 28.8 Å². The van der Waals surface area contributed by atoms with E-state index in [1.165, 1.54) is 0 Å². The van der Waals surface area contributed by atoms with Gasteiger partial charge >= 0.3 is 0 Å². The third-order valence-corrected chi connectivity index (χ3v) is 4.06. The maximum Gasteiger partial charge on any atom is 0.223 e. The zero-order valence-corrected chi connectivity index (χ0v) is 11.9. The number of aryl methyl sites for hydroxylation is 2. The summed E-state index contributed by atoms with van der Waals surface area (Å²) in [5.41, 5.74) is 8.96. The van der Waals surface area contributed by atoms with Gasteiger partial charge in [-0.2, -0.15) is 0 Å². The van der Waals surface area contributed by atoms with Gasteiger partial charge in [-0.15, -0.1) is 0 Å². The van der Waals surface area contributed by atoms with Gasteiger partial charge in [-0.05, 0) is 37.0 Å². The Bertz CT molecular complexity index is 513. The van der Waals surface area contributed by atoms with Crippen molar-refractivity contribution in [2.45, 2.75) is 39.2 Å². The maximum absolute atomic E-state index is 11.9. The van der Waals surface area contributed by atoms with Gasteiger partial charge in [-0.3, -0.25) is 4.79 Å². The number of nitrogens with two attached hydrogens (primary N) is 1. The Morgan fingerprint density at radius 2 is 2.05 bits per heavy atom. The zero-order valence-electron chi connectivity index (χ0n) is 11.9. The van der Waals surface area contributed by atoms with Crippen LogP contribution in [0.25, 0.3) is 0 Å². The third kappa shape index (κ3) is 2.51. The van der Waals surface area contributed by atoms with Crippen molar-refractivity contribution in [2.24, 2.45) is 5.73 Å². The standard InChI is InChI=1S/C15H22N2O2/c1-10-4-5-11(2)14-13(10)8-15(19,9-16)6-7-17(14)12(3)18/h4-5,19H,6-9,16H2,1-3H3. The van der Waals surface area contributed by atoms with Gasteiger partial charge in [0.25, 0.3) is 0 Å². The zero-order chi connectivity index (χ0) is 14.2. The van der Waals surface area contributed by atoms with Crippen molar-refractivity contribution in [2.75, 3.05) is 18.0 Å². The smallest absolute Gasteiger partial charge is 0.223 e. The van der Waals surface area contributed by atoms with Gasteiger partial charge in [-0.1, -0.05) is 12.1 Å². The molecule has 1 aliphatic heterocycles. The van der Waals surface area contributed by atoms with Crippen molar-refractivity contribution in [3.8, 4) is 0 Å². The molecule has 1 amide bonds. The minimum atomic E-state index is -0.919. The second-order valence-electron chi connectivity index (χ2n) is 5.55. The molecule has 0 aliphatic carbocycles. The van der Waals surface area contributed by atoms with Crippen LogP contribution in [-0.4, -0.2) is 29.7 Å². The van der Waals surface area contributed by atoms with Crippen LogP contribution in [0.15, 0.2) is 12.1 Å². The Morgan fingerprint density at radius 1 is 1.42 bits per heavy atom. The fourth-order valence-electron chi connectivity index (χ4n) is 2.79. The van der Waals surface area contributed by atoms with Gasteiger partial charge < -0.3 is 15.7 Å². The van der Waals surface area contributed by atoms with E-state index in [1.54, 1.807) is 11.8 Å². The SMILES string of the molecule is CC(=O)N1CCC(O)(CN)Cc2c(C)ccc(C)c21. The fraction of sp³-hybridized carbons (Fsp3) is 0.533. The predicted octanol–water partition coefficient (Wildman–Crippen LogP) is 1.29. The Morgan fingerprint density at radius 3 is 2.63 bits per heavy atom. The number of amides is 1. The minimum absolute atomic E-state index is 0.0104. The van der Waals surface area contributed by atoms with Crippen LogP contribution < -0.4 is 10.6 Å². The Kier molecular flexibility index (Phi) is 3.65. The van der Waals surface area contributed by atoms with E-state index in [0.717, 1.165) is 22.4 Å². The van der Waals surface area contributed by atoms with Crippen LogP contribution in [0.3, 0.4) is 0 Å². The largest absolute Gasteiger partial charge is 0.388 e. The van der Waals surface area contributed by atoms with Gasteiger partial charge in [0.2, 0.25) is 5.91 Å². The molecule has 0 aromatic heterocycles. The van der Waals surface area contributed by atoms with E-state index >= 15 is 0 Å². The summed E-state index contributed by atoms with van der Waals surface area (Å²) in [6.07, 6.45) is 1.02. The van der Waals surface area contributed by atoms with Crippen molar-refractivity contribution in [1.82, 2.24) is 0 Å². The van der Waals surface area contributed by atoms with Gasteiger partial charge in [0.15, 0.2) is 0 Å². The summed E-state index contributed by atoms with van der Waals surface area (Å²) in [6.45, 7) is 6.31. The molecule has 0 bridgehead atoms. The number of aliphatic hydroxyl groups is 1. The van der Waals surface area contributed by atoms with E-state index in [-0.39, 0.29) is 12.5 Å². The molecule has 1 aliphatic rings. The predicted molar refractivity (Wildman–Crippen MR) is 76.3 cm³/mol. The Labute approximate surface area is 114 Å². The fourth-order valence-corrected chi connectivity index (χ4v) is 2.79. The Hall–Kier alpha value is -1.39. The van der Waals surface area contributed by atoms with Crippen molar-refractivity contribution in [1.29, 1.82) is 0 Å². The summed E-state index contributed by atoms with van der Waals surface area (Å²) in [6, 6.07) is 4.06. The first-order valence-electron chi connectivity index (χ1n) is 6.67. The maximum atomic E-state index is 11.9. The van der Waals surface area contributed by atoms with E-state index < -0.39 is 5.60 Å². The lowest BCUT2D eigenvalue weighted by molar-refractivity contribution is -0.116. The molecule has 3 N–H and O–H groups in total. The first-order chi connectivity index (χ1) is 8.88. The lowest BCUT2D eigenvalue weighted by Crippen LogP contribution is -2.41. The van der Waals surface area contributed by atoms with Crippen LogP contribution >= 0.6 is 0 Å². The molecule has 2 rings (SSSR count). The number of benzene rings is 1. The number of anilines is 1. The molecule has 104 valence electrons. The normalized spacial score (nSPS) is 22.9. The van der Waals surface area contributed by atoms with Crippen LogP contribution in [0.5, 0.6) is 0 Å². The average molecular weight is 262 g/mol. The van der Waals surface area contributed by atoms with Gasteiger partial charge in [0.1, 0.15) is 0 Å². The number of carbonyl (C=O) groups is 1. The summed E-state index contributed by atoms with van der Waals surface area (Å²) in [5.74, 6) is 0.0104. The molecule has 0 saturated carbocycles. The molecule has 1 heterocycles. The van der Waals surface area contributed by atoms with Crippen molar-refractivity contribution >= 4 is 11.6 Å². The second kappa shape index (κ2) is 4.94. The number of hydrogen-bond donors (Lipinski definition) is 2. The lowest BCUT2D eigenvalue weighted by atomic mass is 9.89. The monoisotopic (exact) mass is 262 g/mol. The van der Waals surface area contributed by atoms with Crippen LogP contribution in [0.1, 0.15) is 30.0 Å². The van der Waals surface area contributed by atoms with E-state index in [9.17, 15) is 9.90 Å². The Balaban J connectivity index is 2.61. The first-order valence-corrected chi connectivity index (χ1v) is 6.67. The summed E-state index contributed by atoms with van der Waals surface area (Å²) in [4.78, 5) is 13.7. The number of carbonyl (C=O) groups excluding carboxylic acids is 1. The van der Waals surface area contributed by atoms with Gasteiger partial charge in [-0.25, -0.2) is 0 Å². The highest BCUT2D eigenvalue weighted by atomic mass is 16.3. The lowest BCUT2D eigenvalue weighted by Gasteiger charge is -2.25. The molecule has 1 unspecified atom stereocenters. The number of fused-ring (bicyclic) bond motifs is 1. The van der Waals surface area contributed by atoms with Crippen LogP contribution in [-0.2, 0) is 11.2 Å². The molecule has 0 fully saturated rings. The molecular weight excluding hydrogens is 240 g/mol. The molecular formula is C15H22N2O2. The second-order valence-corrected chi connectivity index (χ2v) is 5.55. The summed E-state index contributed by atoms with van der Waals surface area (Å²) < 4.78 is 0. The van der Waals surface area contributed by atoms with Gasteiger partial charge in [0.05, 0.1) is 11.3 Å². The van der Waals surface area contributed by atoms with E-state index in [4.69, 9.17) is 5.73 Å². The number of hydrogen-bond acceptors (Lipinski definition) is 3. The van der Waals surface area contributed by atoms with E-state index in [2.05, 4.69) is 0 Å². The topological polar surface area (TPSA) is 66.6 Å². The molecule has 1 aromatic rings. The molecule has 4 heteroatoms. The van der Waals surface area contributed by atoms with E-state index in [1.807, 2.05) is 26.0 Å². The van der Waals surface area contributed by atoms with Crippen molar-refractivity contribution < 1.29 is 9.90 Å². The van der Waals surface area contributed by atoms with Crippen LogP contribution in [0, 0.1) is 13.8 Å². The highest BCUT2D eigenvalue weighted by Crippen LogP contribution is 2.35. The highest BCUT2D eigenvalue weighted by molar-refractivity contribution is 5.93. The quantitative estimate of drug-likeness (QED) is 0.801. The molecule has 1 atom stereocenters. The van der Waals surface area contributed by atoms with Crippen LogP contribution in [0.4, 0.5) is 5.69 Å². The highest BCUT2D eigenvalue weighted by Gasteiger charge is 2.34. The molecule has 4 nitrogen and oxygen atoms in total. The minimum Gasteiger partial charge on any atom is -0.388 e. The number of nitrogens with zero attached hydrogens (tertiary/aromatic N) is 1. The molecule has 19 heavy (non-hydrogen) atoms. The number of rotatable bonds is 1. The van der Waals surface area contributed by atoms with Gasteiger partial charge in [0, 0.05) is 26.4 Å².